The van der Waals surface area contributed by atoms with Gasteiger partial charge in [0, 0.05) is 19.2 Å². The van der Waals surface area contributed by atoms with Crippen molar-refractivity contribution >= 4 is 0 Å². The van der Waals surface area contributed by atoms with Crippen LogP contribution >= 0.6 is 0 Å². The summed E-state index contributed by atoms with van der Waals surface area (Å²) >= 11 is 0. The fourth-order valence-electron chi connectivity index (χ4n) is 2.68. The Labute approximate surface area is 112 Å². The fourth-order valence-corrected chi connectivity index (χ4v) is 2.68. The van der Waals surface area contributed by atoms with Crippen LogP contribution < -0.4 is 5.32 Å². The lowest BCUT2D eigenvalue weighted by Gasteiger charge is -2.41. The Balaban J connectivity index is 2.33. The number of hydrogen-bond acceptors (Lipinski definition) is 3. The van der Waals surface area contributed by atoms with E-state index in [1.165, 1.54) is 12.1 Å². The summed E-state index contributed by atoms with van der Waals surface area (Å²) in [5.74, 6) is -1.08. The number of likely N-dealkylation sites (N-methyl/N-ethyl adjacent to an activating group) is 2. The van der Waals surface area contributed by atoms with Crippen LogP contribution in [0.2, 0.25) is 0 Å². The topological polar surface area (TPSA) is 24.5 Å². The van der Waals surface area contributed by atoms with E-state index in [2.05, 4.69) is 10.2 Å². The third-order valence-corrected chi connectivity index (χ3v) is 3.49. The largest absolute Gasteiger partial charge is 0.374 e. The van der Waals surface area contributed by atoms with Crippen molar-refractivity contribution in [2.24, 2.45) is 0 Å². The van der Waals surface area contributed by atoms with Crippen LogP contribution in [0.25, 0.3) is 0 Å². The molecule has 2 rings (SSSR count). The molecule has 1 N–H and O–H groups in total. The minimum absolute atomic E-state index is 0.0973. The summed E-state index contributed by atoms with van der Waals surface area (Å²) in [6.45, 7) is 4.95. The molecule has 19 heavy (non-hydrogen) atoms. The van der Waals surface area contributed by atoms with Crippen molar-refractivity contribution in [3.63, 3.8) is 0 Å². The second-order valence-corrected chi connectivity index (χ2v) is 4.74. The zero-order valence-electron chi connectivity index (χ0n) is 11.3. The van der Waals surface area contributed by atoms with Gasteiger partial charge in [0.05, 0.1) is 18.8 Å². The van der Waals surface area contributed by atoms with Gasteiger partial charge in [-0.2, -0.15) is 0 Å². The Morgan fingerprint density at radius 1 is 1.32 bits per heavy atom. The predicted octanol–water partition coefficient (Wildman–Crippen LogP) is 1.95. The SMILES string of the molecule is CCN1CCOC(CNC)C1c1cc(F)cc(F)c1. The molecule has 2 unspecified atom stereocenters. The van der Waals surface area contributed by atoms with Crippen LogP contribution in [-0.4, -0.2) is 44.3 Å². The number of rotatable bonds is 4. The third kappa shape index (κ3) is 3.29. The number of hydrogen-bond donors (Lipinski definition) is 1. The molecule has 5 heteroatoms. The van der Waals surface area contributed by atoms with Gasteiger partial charge >= 0.3 is 0 Å². The van der Waals surface area contributed by atoms with Crippen LogP contribution in [0.5, 0.6) is 0 Å². The van der Waals surface area contributed by atoms with E-state index in [0.29, 0.717) is 18.7 Å². The van der Waals surface area contributed by atoms with Crippen LogP contribution in [0.4, 0.5) is 8.78 Å². The second kappa shape index (κ2) is 6.41. The van der Waals surface area contributed by atoms with Crippen molar-refractivity contribution in [2.45, 2.75) is 19.1 Å². The van der Waals surface area contributed by atoms with E-state index in [9.17, 15) is 8.78 Å². The van der Waals surface area contributed by atoms with Gasteiger partial charge in [0.1, 0.15) is 11.6 Å². The summed E-state index contributed by atoms with van der Waals surface area (Å²) in [7, 11) is 1.84. The maximum Gasteiger partial charge on any atom is 0.126 e. The summed E-state index contributed by atoms with van der Waals surface area (Å²) in [6.07, 6.45) is -0.0973. The van der Waals surface area contributed by atoms with Crippen LogP contribution in [0.15, 0.2) is 18.2 Å². The summed E-state index contributed by atoms with van der Waals surface area (Å²) in [5, 5.41) is 3.07. The lowest BCUT2D eigenvalue weighted by atomic mass is 9.97. The maximum atomic E-state index is 13.4. The molecule has 3 nitrogen and oxygen atoms in total. The van der Waals surface area contributed by atoms with E-state index < -0.39 is 11.6 Å². The normalized spacial score (nSPS) is 24.6. The molecule has 1 aliphatic rings. The molecule has 0 aliphatic carbocycles. The quantitative estimate of drug-likeness (QED) is 0.905. The average Bonchev–Trinajstić information content (AvgIpc) is 2.37. The molecule has 1 fully saturated rings. The first-order chi connectivity index (χ1) is 9.15. The van der Waals surface area contributed by atoms with Crippen LogP contribution in [0.3, 0.4) is 0 Å². The standard InChI is InChI=1S/C14H20F2N2O/c1-3-18-4-5-19-13(9-17-2)14(18)10-6-11(15)8-12(16)7-10/h6-8,13-14,17H,3-5,9H2,1-2H3. The Morgan fingerprint density at radius 3 is 2.58 bits per heavy atom. The molecule has 106 valence electrons. The molecule has 0 bridgehead atoms. The molecule has 1 aliphatic heterocycles. The van der Waals surface area contributed by atoms with E-state index in [1.54, 1.807) is 0 Å². The minimum Gasteiger partial charge on any atom is -0.374 e. The van der Waals surface area contributed by atoms with Gasteiger partial charge in [-0.05, 0) is 31.3 Å². The molecule has 0 amide bonds. The zero-order chi connectivity index (χ0) is 13.8. The number of nitrogens with one attached hydrogen (secondary N) is 1. The second-order valence-electron chi connectivity index (χ2n) is 4.74. The van der Waals surface area contributed by atoms with Crippen molar-refractivity contribution in [3.8, 4) is 0 Å². The summed E-state index contributed by atoms with van der Waals surface area (Å²) < 4.78 is 32.6. The van der Waals surface area contributed by atoms with Crippen molar-refractivity contribution in [1.29, 1.82) is 0 Å². The lowest BCUT2D eigenvalue weighted by molar-refractivity contribution is -0.0688. The average molecular weight is 270 g/mol. The predicted molar refractivity (Wildman–Crippen MR) is 70.0 cm³/mol. The van der Waals surface area contributed by atoms with Crippen molar-refractivity contribution in [1.82, 2.24) is 10.2 Å². The Hall–Kier alpha value is -1.04. The highest BCUT2D eigenvalue weighted by Crippen LogP contribution is 2.30. The first-order valence-corrected chi connectivity index (χ1v) is 6.62. The van der Waals surface area contributed by atoms with Gasteiger partial charge in [-0.1, -0.05) is 6.92 Å². The highest BCUT2D eigenvalue weighted by Gasteiger charge is 2.32. The highest BCUT2D eigenvalue weighted by atomic mass is 19.1. The van der Waals surface area contributed by atoms with E-state index >= 15 is 0 Å². The van der Waals surface area contributed by atoms with Crippen LogP contribution in [0.1, 0.15) is 18.5 Å². The molecular weight excluding hydrogens is 250 g/mol. The van der Waals surface area contributed by atoms with Gasteiger partial charge in [-0.3, -0.25) is 4.90 Å². The number of nitrogens with zero attached hydrogens (tertiary/aromatic N) is 1. The van der Waals surface area contributed by atoms with Gasteiger partial charge in [0.2, 0.25) is 0 Å². The van der Waals surface area contributed by atoms with Crippen molar-refractivity contribution in [3.05, 3.63) is 35.4 Å². The van der Waals surface area contributed by atoms with Gasteiger partial charge in [-0.15, -0.1) is 0 Å². The summed E-state index contributed by atoms with van der Waals surface area (Å²) in [5.41, 5.74) is 0.638. The molecule has 0 saturated carbocycles. The molecule has 1 saturated heterocycles. The van der Waals surface area contributed by atoms with Crippen molar-refractivity contribution < 1.29 is 13.5 Å². The smallest absolute Gasteiger partial charge is 0.126 e. The first kappa shape index (κ1) is 14.4. The van der Waals surface area contributed by atoms with Crippen LogP contribution in [-0.2, 0) is 4.74 Å². The van der Waals surface area contributed by atoms with Gasteiger partial charge in [-0.25, -0.2) is 8.78 Å². The molecule has 0 aromatic heterocycles. The number of halogens is 2. The Morgan fingerprint density at radius 2 is 2.00 bits per heavy atom. The molecule has 0 radical (unpaired) electrons. The number of ether oxygens (including phenoxy) is 1. The van der Waals surface area contributed by atoms with E-state index in [4.69, 9.17) is 4.74 Å². The Kier molecular flexibility index (Phi) is 4.85. The van der Waals surface area contributed by atoms with Crippen LogP contribution in [0, 0.1) is 11.6 Å². The molecular formula is C14H20F2N2O. The lowest BCUT2D eigenvalue weighted by Crippen LogP contribution is -2.48. The van der Waals surface area contributed by atoms with E-state index in [1.807, 2.05) is 14.0 Å². The fraction of sp³-hybridized carbons (Fsp3) is 0.571. The molecule has 1 aromatic rings. The molecule has 1 heterocycles. The third-order valence-electron chi connectivity index (χ3n) is 3.49. The van der Waals surface area contributed by atoms with Gasteiger partial charge in [0.25, 0.3) is 0 Å². The monoisotopic (exact) mass is 270 g/mol. The molecule has 0 spiro atoms. The molecule has 2 atom stereocenters. The highest BCUT2D eigenvalue weighted by molar-refractivity contribution is 5.23. The number of morpholine rings is 1. The Bertz CT molecular complexity index is 406. The van der Waals surface area contributed by atoms with E-state index in [-0.39, 0.29) is 12.1 Å². The zero-order valence-corrected chi connectivity index (χ0v) is 11.3. The summed E-state index contributed by atoms with van der Waals surface area (Å²) in [4.78, 5) is 2.19. The van der Waals surface area contributed by atoms with Gasteiger partial charge in [0.15, 0.2) is 0 Å². The van der Waals surface area contributed by atoms with Gasteiger partial charge < -0.3 is 10.1 Å². The number of benzene rings is 1. The van der Waals surface area contributed by atoms with Crippen molar-refractivity contribution in [2.75, 3.05) is 33.3 Å². The maximum absolute atomic E-state index is 13.4. The molecule has 1 aromatic carbocycles. The minimum atomic E-state index is -0.542. The van der Waals surface area contributed by atoms with E-state index in [0.717, 1.165) is 19.2 Å². The summed E-state index contributed by atoms with van der Waals surface area (Å²) in [6, 6.07) is 3.58. The first-order valence-electron chi connectivity index (χ1n) is 6.62.